The summed E-state index contributed by atoms with van der Waals surface area (Å²) < 4.78 is 19.6. The number of esters is 1. The van der Waals surface area contributed by atoms with Gasteiger partial charge in [-0.1, -0.05) is 25.1 Å². The maximum Gasteiger partial charge on any atom is 0.359 e. The number of aromatic amines is 1. The fourth-order valence-corrected chi connectivity index (χ4v) is 3.20. The van der Waals surface area contributed by atoms with Crippen LogP contribution in [0.3, 0.4) is 0 Å². The molecule has 0 atom stereocenters. The predicted octanol–water partition coefficient (Wildman–Crippen LogP) is 4.09. The van der Waals surface area contributed by atoms with Crippen LogP contribution in [0.15, 0.2) is 60.9 Å². The summed E-state index contributed by atoms with van der Waals surface area (Å²) in [4.78, 5) is 27.9. The molecule has 0 bridgehead atoms. The third kappa shape index (κ3) is 3.67. The van der Waals surface area contributed by atoms with E-state index in [2.05, 4.69) is 10.1 Å². The minimum Gasteiger partial charge on any atom is -0.453 e. The number of hydrogen-bond acceptors (Lipinski definition) is 4. The van der Waals surface area contributed by atoms with Crippen LogP contribution in [-0.2, 0) is 11.2 Å². The Labute approximate surface area is 165 Å². The number of hydrogen-bond donors (Lipinski definition) is 1. The fraction of sp³-hybridized carbons (Fsp3) is 0.136. The van der Waals surface area contributed by atoms with Gasteiger partial charge in [-0.2, -0.15) is 5.10 Å². The number of fused-ring (bicyclic) bond motifs is 1. The van der Waals surface area contributed by atoms with Crippen LogP contribution in [0.2, 0.25) is 0 Å². The van der Waals surface area contributed by atoms with Crippen LogP contribution >= 0.6 is 0 Å². The third-order valence-corrected chi connectivity index (χ3v) is 4.71. The Hall–Kier alpha value is -3.74. The Balaban J connectivity index is 1.45. The monoisotopic (exact) mass is 391 g/mol. The van der Waals surface area contributed by atoms with E-state index in [9.17, 15) is 14.0 Å². The minimum absolute atomic E-state index is 0.0642. The number of ketones is 1. The molecule has 1 N–H and O–H groups in total. The van der Waals surface area contributed by atoms with E-state index in [0.29, 0.717) is 11.3 Å². The molecule has 4 rings (SSSR count). The molecule has 2 aromatic heterocycles. The van der Waals surface area contributed by atoms with Gasteiger partial charge in [0.05, 0.1) is 5.69 Å². The summed E-state index contributed by atoms with van der Waals surface area (Å²) in [6.07, 6.45) is 4.05. The van der Waals surface area contributed by atoms with E-state index in [1.54, 1.807) is 24.5 Å². The summed E-state index contributed by atoms with van der Waals surface area (Å²) in [5, 5.41) is 4.94. The Morgan fingerprint density at radius 1 is 1.14 bits per heavy atom. The van der Waals surface area contributed by atoms with Crippen LogP contribution in [0.5, 0.6) is 0 Å². The number of aryl methyl sites for hydroxylation is 1. The van der Waals surface area contributed by atoms with Gasteiger partial charge in [-0.05, 0) is 42.3 Å². The second kappa shape index (κ2) is 7.71. The van der Waals surface area contributed by atoms with Crippen molar-refractivity contribution in [3.63, 3.8) is 0 Å². The van der Waals surface area contributed by atoms with Crippen molar-refractivity contribution in [1.29, 1.82) is 0 Å². The van der Waals surface area contributed by atoms with Crippen molar-refractivity contribution in [1.82, 2.24) is 14.8 Å². The molecule has 0 fully saturated rings. The van der Waals surface area contributed by atoms with E-state index in [0.717, 1.165) is 22.9 Å². The van der Waals surface area contributed by atoms with E-state index >= 15 is 0 Å². The van der Waals surface area contributed by atoms with Gasteiger partial charge in [0.2, 0.25) is 5.78 Å². The smallest absolute Gasteiger partial charge is 0.359 e. The molecule has 0 unspecified atom stereocenters. The van der Waals surface area contributed by atoms with Crippen LogP contribution in [0.4, 0.5) is 4.39 Å². The van der Waals surface area contributed by atoms with Crippen LogP contribution in [-0.4, -0.2) is 33.1 Å². The molecule has 0 spiro atoms. The van der Waals surface area contributed by atoms with Crippen LogP contribution < -0.4 is 0 Å². The Bertz CT molecular complexity index is 1190. The average molecular weight is 391 g/mol. The predicted molar refractivity (Wildman–Crippen MR) is 106 cm³/mol. The number of aromatic nitrogens is 3. The van der Waals surface area contributed by atoms with Gasteiger partial charge >= 0.3 is 5.97 Å². The van der Waals surface area contributed by atoms with Crippen molar-refractivity contribution in [3.8, 4) is 5.69 Å². The van der Waals surface area contributed by atoms with E-state index in [4.69, 9.17) is 4.74 Å². The molecule has 29 heavy (non-hydrogen) atoms. The number of ether oxygens (including phenoxy) is 1. The van der Waals surface area contributed by atoms with Gasteiger partial charge in [0, 0.05) is 28.9 Å². The Morgan fingerprint density at radius 2 is 1.93 bits per heavy atom. The summed E-state index contributed by atoms with van der Waals surface area (Å²) in [7, 11) is 0. The number of carbonyl (C=O) groups is 2. The van der Waals surface area contributed by atoms with Gasteiger partial charge in [0.1, 0.15) is 5.82 Å². The molecule has 0 amide bonds. The largest absolute Gasteiger partial charge is 0.453 e. The normalized spacial score (nSPS) is 11.0. The van der Waals surface area contributed by atoms with Gasteiger partial charge < -0.3 is 9.72 Å². The topological polar surface area (TPSA) is 77.0 Å². The van der Waals surface area contributed by atoms with Crippen LogP contribution in [0, 0.1) is 5.82 Å². The Morgan fingerprint density at radius 3 is 2.69 bits per heavy atom. The second-order valence-corrected chi connectivity index (χ2v) is 6.52. The highest BCUT2D eigenvalue weighted by Crippen LogP contribution is 2.22. The lowest BCUT2D eigenvalue weighted by Crippen LogP contribution is -2.14. The Kier molecular flexibility index (Phi) is 4.95. The van der Waals surface area contributed by atoms with Gasteiger partial charge in [0.15, 0.2) is 12.3 Å². The zero-order valence-electron chi connectivity index (χ0n) is 15.7. The molecule has 0 aliphatic carbocycles. The molecule has 2 heterocycles. The highest BCUT2D eigenvalue weighted by atomic mass is 19.1. The van der Waals surface area contributed by atoms with Gasteiger partial charge in [0.25, 0.3) is 0 Å². The number of Topliss-reactive ketones (excluding diaryl/α,β-unsaturated/α-hetero) is 1. The maximum absolute atomic E-state index is 13.0. The van der Waals surface area contributed by atoms with Crippen molar-refractivity contribution < 1.29 is 18.7 Å². The average Bonchev–Trinajstić information content (AvgIpc) is 3.39. The zero-order valence-corrected chi connectivity index (χ0v) is 15.7. The number of nitrogens with one attached hydrogen (secondary N) is 1. The lowest BCUT2D eigenvalue weighted by Gasteiger charge is -2.03. The summed E-state index contributed by atoms with van der Waals surface area (Å²) in [5.74, 6) is -1.36. The number of rotatable bonds is 6. The summed E-state index contributed by atoms with van der Waals surface area (Å²) >= 11 is 0. The molecular formula is C22H18FN3O3. The zero-order chi connectivity index (χ0) is 20.4. The highest BCUT2D eigenvalue weighted by molar-refractivity contribution is 6.09. The number of benzene rings is 2. The lowest BCUT2D eigenvalue weighted by atomic mass is 10.1. The standard InChI is InChI=1S/C22H18FN3O3/c1-2-14-4-3-5-17-18(12-24-21(14)17)20(27)13-29-22(28)19-10-11-26(25-19)16-8-6-15(23)7-9-16/h3-12,24H,2,13H2,1H3. The van der Waals surface area contributed by atoms with Crippen molar-refractivity contribution in [3.05, 3.63) is 83.6 Å². The van der Waals surface area contributed by atoms with E-state index in [1.807, 2.05) is 25.1 Å². The maximum atomic E-state index is 13.0. The van der Waals surface area contributed by atoms with Crippen LogP contribution in [0.25, 0.3) is 16.6 Å². The quantitative estimate of drug-likeness (QED) is 0.397. The molecule has 0 saturated carbocycles. The number of nitrogens with zero attached hydrogens (tertiary/aromatic N) is 2. The molecule has 0 aliphatic heterocycles. The molecule has 4 aromatic rings. The number of para-hydroxylation sites is 1. The number of H-pyrrole nitrogens is 1. The fourth-order valence-electron chi connectivity index (χ4n) is 3.20. The first kappa shape index (κ1) is 18.6. The molecule has 0 radical (unpaired) electrons. The van der Waals surface area contributed by atoms with Crippen molar-refractivity contribution >= 4 is 22.7 Å². The highest BCUT2D eigenvalue weighted by Gasteiger charge is 2.18. The first-order valence-corrected chi connectivity index (χ1v) is 9.17. The molecule has 0 saturated heterocycles. The number of halogens is 1. The van der Waals surface area contributed by atoms with Gasteiger partial charge in [-0.25, -0.2) is 13.9 Å². The first-order chi connectivity index (χ1) is 14.1. The summed E-state index contributed by atoms with van der Waals surface area (Å²) in [6.45, 7) is 1.66. The molecule has 0 aliphatic rings. The minimum atomic E-state index is -0.701. The molecular weight excluding hydrogens is 373 g/mol. The van der Waals surface area contributed by atoms with Crippen molar-refractivity contribution in [2.45, 2.75) is 13.3 Å². The van der Waals surface area contributed by atoms with Crippen LogP contribution in [0.1, 0.15) is 33.3 Å². The first-order valence-electron chi connectivity index (χ1n) is 9.17. The molecule has 146 valence electrons. The van der Waals surface area contributed by atoms with Gasteiger partial charge in [-0.3, -0.25) is 4.79 Å². The molecule has 7 heteroatoms. The van der Waals surface area contributed by atoms with Crippen molar-refractivity contribution in [2.24, 2.45) is 0 Å². The third-order valence-electron chi connectivity index (χ3n) is 4.71. The SMILES string of the molecule is CCc1cccc2c(C(=O)COC(=O)c3ccn(-c4ccc(F)cc4)n3)c[nH]c12. The molecule has 2 aromatic carbocycles. The van der Waals surface area contributed by atoms with E-state index < -0.39 is 5.97 Å². The summed E-state index contributed by atoms with van der Waals surface area (Å²) in [6, 6.07) is 13.0. The van der Waals surface area contributed by atoms with E-state index in [1.165, 1.54) is 22.9 Å². The van der Waals surface area contributed by atoms with Gasteiger partial charge in [-0.15, -0.1) is 0 Å². The van der Waals surface area contributed by atoms with Crippen molar-refractivity contribution in [2.75, 3.05) is 6.61 Å². The second-order valence-electron chi connectivity index (χ2n) is 6.52. The summed E-state index contributed by atoms with van der Waals surface area (Å²) in [5.41, 5.74) is 3.19. The molecule has 6 nitrogen and oxygen atoms in total. The lowest BCUT2D eigenvalue weighted by molar-refractivity contribution is 0.0469. The van der Waals surface area contributed by atoms with E-state index in [-0.39, 0.29) is 23.9 Å². The number of carbonyl (C=O) groups excluding carboxylic acids is 2.